The molecule has 1 saturated carbocycles. The van der Waals surface area contributed by atoms with Crippen molar-refractivity contribution in [2.24, 2.45) is 5.41 Å². The van der Waals surface area contributed by atoms with Crippen LogP contribution in [0.4, 0.5) is 29.3 Å². The summed E-state index contributed by atoms with van der Waals surface area (Å²) in [6, 6.07) is 3.50. The maximum absolute atomic E-state index is 13.8. The van der Waals surface area contributed by atoms with Crippen LogP contribution < -0.4 is 10.2 Å². The summed E-state index contributed by atoms with van der Waals surface area (Å²) in [6.07, 6.45) is -1.71. The topological polar surface area (TPSA) is 93.1 Å². The Morgan fingerprint density at radius 3 is 2.50 bits per heavy atom. The predicted octanol–water partition coefficient (Wildman–Crippen LogP) is 3.92. The number of rotatable bonds is 3. The molecule has 0 aromatic heterocycles. The summed E-state index contributed by atoms with van der Waals surface area (Å²) in [7, 11) is 0. The van der Waals surface area contributed by atoms with Crippen LogP contribution in [0.2, 0.25) is 0 Å². The molecule has 0 bridgehead atoms. The number of hydrogen-bond donors (Lipinski definition) is 3. The Hall–Kier alpha value is -2.49. The molecule has 1 aromatic rings. The van der Waals surface area contributed by atoms with Gasteiger partial charge in [0.2, 0.25) is 5.91 Å². The number of anilines is 2. The van der Waals surface area contributed by atoms with Gasteiger partial charge in [0.25, 0.3) is 0 Å². The Kier molecular flexibility index (Phi) is 6.00. The molecule has 1 spiro atoms. The van der Waals surface area contributed by atoms with Crippen molar-refractivity contribution in [2.75, 3.05) is 29.9 Å². The van der Waals surface area contributed by atoms with Crippen LogP contribution in [0.5, 0.6) is 0 Å². The molecule has 4 rings (SSSR count). The summed E-state index contributed by atoms with van der Waals surface area (Å²) < 4.78 is 41.4. The van der Waals surface area contributed by atoms with Crippen molar-refractivity contribution >= 4 is 23.4 Å². The fraction of sp³-hybridized carbons (Fsp3) is 0.636. The predicted molar refractivity (Wildman–Crippen MR) is 112 cm³/mol. The van der Waals surface area contributed by atoms with Gasteiger partial charge in [0.15, 0.2) is 0 Å². The monoisotopic (exact) mass is 455 g/mol. The first-order chi connectivity index (χ1) is 15.1. The standard InChI is InChI=1S/C22H28F3N3O4/c23-22(24,25)17-12-14(26-20(31)32)2-7-18(17)27-10-1-8-21(13-27)9-11-28(19(21)30)15-3-5-16(29)6-4-15/h2,7,12,15-16,26,29H,1,3-6,8-11,13H2,(H,31,32)/t15?,16?,21-/m1/s1. The molecule has 3 N–H and O–H groups in total. The number of piperidine rings is 1. The molecule has 7 nitrogen and oxygen atoms in total. The first kappa shape index (κ1) is 22.7. The van der Waals surface area contributed by atoms with E-state index in [1.54, 1.807) is 4.90 Å². The third-order valence-corrected chi connectivity index (χ3v) is 7.12. The number of likely N-dealkylation sites (tertiary alicyclic amines) is 1. The van der Waals surface area contributed by atoms with Crippen molar-refractivity contribution in [2.45, 2.75) is 63.3 Å². The molecule has 1 atom stereocenters. The number of carbonyl (C=O) groups excluding carboxylic acids is 1. The number of nitrogens with zero attached hydrogens (tertiary/aromatic N) is 2. The van der Waals surface area contributed by atoms with Crippen LogP contribution >= 0.6 is 0 Å². The van der Waals surface area contributed by atoms with Crippen LogP contribution in [0.1, 0.15) is 50.5 Å². The van der Waals surface area contributed by atoms with Gasteiger partial charge in [0.05, 0.1) is 17.1 Å². The number of benzene rings is 1. The van der Waals surface area contributed by atoms with Gasteiger partial charge in [-0.3, -0.25) is 10.1 Å². The molecule has 0 unspecified atom stereocenters. The summed E-state index contributed by atoms with van der Waals surface area (Å²) in [6.45, 7) is 1.22. The molecule has 176 valence electrons. The smallest absolute Gasteiger partial charge is 0.418 e. The van der Waals surface area contributed by atoms with Gasteiger partial charge in [-0.05, 0) is 63.1 Å². The molecule has 0 radical (unpaired) electrons. The van der Waals surface area contributed by atoms with Crippen LogP contribution in [0, 0.1) is 5.41 Å². The Labute approximate surface area is 184 Å². The zero-order valence-electron chi connectivity index (χ0n) is 17.7. The highest BCUT2D eigenvalue weighted by Crippen LogP contribution is 2.46. The number of carbonyl (C=O) groups is 2. The zero-order chi connectivity index (χ0) is 23.1. The normalized spacial score (nSPS) is 28.9. The fourth-order valence-electron chi connectivity index (χ4n) is 5.52. The van der Waals surface area contributed by atoms with E-state index in [0.29, 0.717) is 45.2 Å². The van der Waals surface area contributed by atoms with Crippen LogP contribution in [0.25, 0.3) is 0 Å². The van der Waals surface area contributed by atoms with Crippen molar-refractivity contribution < 1.29 is 33.0 Å². The van der Waals surface area contributed by atoms with E-state index in [-0.39, 0.29) is 36.0 Å². The van der Waals surface area contributed by atoms with Gasteiger partial charge < -0.3 is 20.0 Å². The average Bonchev–Trinajstić information content (AvgIpc) is 3.03. The molecular formula is C22H28F3N3O4. The third kappa shape index (κ3) is 4.37. The fourth-order valence-corrected chi connectivity index (χ4v) is 5.52. The lowest BCUT2D eigenvalue weighted by atomic mass is 9.78. The van der Waals surface area contributed by atoms with Crippen molar-refractivity contribution in [1.29, 1.82) is 0 Å². The van der Waals surface area contributed by atoms with E-state index in [1.165, 1.54) is 12.1 Å². The molecule has 2 heterocycles. The quantitative estimate of drug-likeness (QED) is 0.643. The summed E-state index contributed by atoms with van der Waals surface area (Å²) in [4.78, 5) is 27.8. The molecule has 2 amide bonds. The van der Waals surface area contributed by atoms with E-state index in [0.717, 1.165) is 18.9 Å². The number of aliphatic hydroxyl groups is 1. The molecular weight excluding hydrogens is 427 g/mol. The highest BCUT2D eigenvalue weighted by Gasteiger charge is 2.51. The largest absolute Gasteiger partial charge is 0.465 e. The van der Waals surface area contributed by atoms with Crippen LogP contribution in [-0.2, 0) is 11.0 Å². The number of carboxylic acid groups (broad SMARTS) is 1. The van der Waals surface area contributed by atoms with Gasteiger partial charge in [0, 0.05) is 37.1 Å². The maximum Gasteiger partial charge on any atom is 0.418 e. The summed E-state index contributed by atoms with van der Waals surface area (Å²) in [5.74, 6) is 0.0151. The highest BCUT2D eigenvalue weighted by atomic mass is 19.4. The van der Waals surface area contributed by atoms with Gasteiger partial charge in [-0.25, -0.2) is 4.79 Å². The Morgan fingerprint density at radius 1 is 1.12 bits per heavy atom. The van der Waals surface area contributed by atoms with Gasteiger partial charge in [0.1, 0.15) is 0 Å². The lowest BCUT2D eigenvalue weighted by molar-refractivity contribution is -0.139. The number of amides is 2. The number of hydrogen-bond acceptors (Lipinski definition) is 4. The Balaban J connectivity index is 1.56. The summed E-state index contributed by atoms with van der Waals surface area (Å²) >= 11 is 0. The van der Waals surface area contributed by atoms with Gasteiger partial charge in [-0.15, -0.1) is 0 Å². The van der Waals surface area contributed by atoms with E-state index in [1.807, 2.05) is 10.2 Å². The van der Waals surface area contributed by atoms with Crippen molar-refractivity contribution in [3.63, 3.8) is 0 Å². The minimum Gasteiger partial charge on any atom is -0.465 e. The van der Waals surface area contributed by atoms with E-state index in [9.17, 15) is 27.9 Å². The molecule has 2 aliphatic heterocycles. The maximum atomic E-state index is 13.8. The minimum absolute atomic E-state index is 0.0151. The second-order valence-electron chi connectivity index (χ2n) is 9.18. The third-order valence-electron chi connectivity index (χ3n) is 7.12. The number of aliphatic hydroxyl groups excluding tert-OH is 1. The van der Waals surface area contributed by atoms with Crippen molar-refractivity contribution in [3.8, 4) is 0 Å². The van der Waals surface area contributed by atoms with Crippen LogP contribution in [0.15, 0.2) is 18.2 Å². The van der Waals surface area contributed by atoms with E-state index < -0.39 is 23.2 Å². The average molecular weight is 455 g/mol. The second-order valence-corrected chi connectivity index (χ2v) is 9.18. The summed E-state index contributed by atoms with van der Waals surface area (Å²) in [5, 5.41) is 20.6. The lowest BCUT2D eigenvalue weighted by Crippen LogP contribution is -2.50. The van der Waals surface area contributed by atoms with Gasteiger partial charge in [-0.2, -0.15) is 13.2 Å². The van der Waals surface area contributed by atoms with E-state index >= 15 is 0 Å². The second kappa shape index (κ2) is 8.46. The van der Waals surface area contributed by atoms with Gasteiger partial charge >= 0.3 is 12.3 Å². The minimum atomic E-state index is -4.66. The Bertz CT molecular complexity index is 886. The molecule has 3 aliphatic rings. The van der Waals surface area contributed by atoms with Crippen LogP contribution in [-0.4, -0.2) is 58.9 Å². The number of alkyl halides is 3. The van der Waals surface area contributed by atoms with E-state index in [4.69, 9.17) is 5.11 Å². The number of nitrogens with one attached hydrogen (secondary N) is 1. The number of halogens is 3. The zero-order valence-corrected chi connectivity index (χ0v) is 17.7. The van der Waals surface area contributed by atoms with Gasteiger partial charge in [-0.1, -0.05) is 0 Å². The SMILES string of the molecule is O=C(O)Nc1ccc(N2CCC[C@@]3(CCN(C4CCC(O)CC4)C3=O)C2)c(C(F)(F)F)c1. The molecule has 1 aromatic carbocycles. The molecule has 3 fully saturated rings. The molecule has 2 saturated heterocycles. The summed E-state index contributed by atoms with van der Waals surface area (Å²) in [5.41, 5.74) is -1.79. The first-order valence-electron chi connectivity index (χ1n) is 11.0. The van der Waals surface area contributed by atoms with Crippen molar-refractivity contribution in [1.82, 2.24) is 4.90 Å². The molecule has 10 heteroatoms. The van der Waals surface area contributed by atoms with Crippen LogP contribution in [0.3, 0.4) is 0 Å². The van der Waals surface area contributed by atoms with Crippen molar-refractivity contribution in [3.05, 3.63) is 23.8 Å². The first-order valence-corrected chi connectivity index (χ1v) is 11.0. The molecule has 1 aliphatic carbocycles. The molecule has 32 heavy (non-hydrogen) atoms. The lowest BCUT2D eigenvalue weighted by Gasteiger charge is -2.42. The van der Waals surface area contributed by atoms with E-state index in [2.05, 4.69) is 0 Å². The highest BCUT2D eigenvalue weighted by molar-refractivity contribution is 5.87. The Morgan fingerprint density at radius 2 is 1.84 bits per heavy atom.